The second-order valence-electron chi connectivity index (χ2n) is 11.2. The van der Waals surface area contributed by atoms with Crippen molar-refractivity contribution in [1.82, 2.24) is 14.6 Å². The molecular formula is C31H37ClN4O4S. The number of benzene rings is 1. The Bertz CT molecular complexity index is 1580. The first kappa shape index (κ1) is 29.5. The molecule has 41 heavy (non-hydrogen) atoms. The van der Waals surface area contributed by atoms with Gasteiger partial charge in [-0.2, -0.15) is 0 Å². The zero-order valence-corrected chi connectivity index (χ0v) is 25.8. The van der Waals surface area contributed by atoms with Crippen molar-refractivity contribution in [3.63, 3.8) is 0 Å². The van der Waals surface area contributed by atoms with Crippen LogP contribution in [-0.4, -0.2) is 57.7 Å². The highest BCUT2D eigenvalue weighted by atomic mass is 35.5. The van der Waals surface area contributed by atoms with Crippen LogP contribution in [0, 0.1) is 19.8 Å². The van der Waals surface area contributed by atoms with Gasteiger partial charge < -0.3 is 24.5 Å². The van der Waals surface area contributed by atoms with Crippen molar-refractivity contribution >= 4 is 45.6 Å². The van der Waals surface area contributed by atoms with Crippen LogP contribution in [0.25, 0.3) is 21.5 Å². The number of aryl methyl sites for hydroxylation is 2. The second kappa shape index (κ2) is 11.7. The minimum atomic E-state index is -1.81. The number of rotatable bonds is 9. The van der Waals surface area contributed by atoms with Crippen molar-refractivity contribution in [2.75, 3.05) is 19.7 Å². The van der Waals surface area contributed by atoms with Gasteiger partial charge in [-0.05, 0) is 95.8 Å². The van der Waals surface area contributed by atoms with Crippen LogP contribution in [0.5, 0.6) is 0 Å². The number of hydrogen-bond donors (Lipinski definition) is 1. The molecule has 0 saturated carbocycles. The molecule has 4 aromatic rings. The SMILES string of the molecule is CCOC(=O)C(N)(C(=O)c1cc2c(C)ccc(C)c2n1Cc1cc(-c2ccc(Cl)s2)on1)C1CCN(C(C)C)CC1. The smallest absolute Gasteiger partial charge is 0.334 e. The number of thiophene rings is 1. The van der Waals surface area contributed by atoms with Crippen molar-refractivity contribution in [2.24, 2.45) is 11.7 Å². The summed E-state index contributed by atoms with van der Waals surface area (Å²) < 4.78 is 13.7. The van der Waals surface area contributed by atoms with E-state index in [2.05, 4.69) is 23.9 Å². The van der Waals surface area contributed by atoms with Crippen molar-refractivity contribution < 1.29 is 18.8 Å². The average molecular weight is 597 g/mol. The number of nitrogens with zero attached hydrogens (tertiary/aromatic N) is 3. The summed E-state index contributed by atoms with van der Waals surface area (Å²) in [5.74, 6) is -0.843. The Kier molecular flexibility index (Phi) is 8.43. The minimum absolute atomic E-state index is 0.144. The van der Waals surface area contributed by atoms with Crippen LogP contribution in [0.3, 0.4) is 0 Å². The Morgan fingerprint density at radius 1 is 1.17 bits per heavy atom. The Morgan fingerprint density at radius 2 is 1.88 bits per heavy atom. The molecule has 1 unspecified atom stereocenters. The average Bonchev–Trinajstić information content (AvgIpc) is 3.69. The van der Waals surface area contributed by atoms with E-state index in [-0.39, 0.29) is 19.1 Å². The number of piperidine rings is 1. The minimum Gasteiger partial charge on any atom is -0.464 e. The van der Waals surface area contributed by atoms with Gasteiger partial charge in [0.05, 0.1) is 33.6 Å². The summed E-state index contributed by atoms with van der Waals surface area (Å²) in [6.45, 7) is 12.0. The first-order chi connectivity index (χ1) is 19.5. The van der Waals surface area contributed by atoms with Gasteiger partial charge in [-0.25, -0.2) is 4.79 Å². The Balaban J connectivity index is 1.59. The number of likely N-dealkylation sites (tertiary alicyclic amines) is 1. The van der Waals surface area contributed by atoms with Gasteiger partial charge in [0.1, 0.15) is 5.69 Å². The summed E-state index contributed by atoms with van der Waals surface area (Å²) in [7, 11) is 0. The number of nitrogens with two attached hydrogens (primary N) is 1. The molecule has 218 valence electrons. The van der Waals surface area contributed by atoms with E-state index in [4.69, 9.17) is 26.6 Å². The van der Waals surface area contributed by atoms with Gasteiger partial charge in [-0.1, -0.05) is 28.9 Å². The molecule has 5 rings (SSSR count). The van der Waals surface area contributed by atoms with Gasteiger partial charge >= 0.3 is 5.97 Å². The molecule has 1 fully saturated rings. The molecule has 1 saturated heterocycles. The molecule has 10 heteroatoms. The van der Waals surface area contributed by atoms with E-state index in [0.717, 1.165) is 40.0 Å². The summed E-state index contributed by atoms with van der Waals surface area (Å²) in [5, 5.41) is 5.24. The van der Waals surface area contributed by atoms with Crippen LogP contribution in [0.4, 0.5) is 0 Å². The summed E-state index contributed by atoms with van der Waals surface area (Å²) in [4.78, 5) is 31.4. The molecule has 1 atom stereocenters. The van der Waals surface area contributed by atoms with Crippen LogP contribution in [-0.2, 0) is 16.1 Å². The predicted octanol–water partition coefficient (Wildman–Crippen LogP) is 6.24. The van der Waals surface area contributed by atoms with Crippen molar-refractivity contribution in [3.05, 3.63) is 63.2 Å². The second-order valence-corrected chi connectivity index (χ2v) is 12.9. The van der Waals surface area contributed by atoms with Crippen LogP contribution >= 0.6 is 22.9 Å². The number of esters is 1. The number of Topliss-reactive ketones (excluding diaryl/α,β-unsaturated/α-hetero) is 1. The molecule has 1 aliphatic rings. The highest BCUT2D eigenvalue weighted by Crippen LogP contribution is 2.36. The Hall–Kier alpha value is -2.98. The maximum absolute atomic E-state index is 14.6. The molecule has 4 heterocycles. The number of ketones is 1. The van der Waals surface area contributed by atoms with Gasteiger partial charge in [0.15, 0.2) is 11.3 Å². The number of carbonyl (C=O) groups excluding carboxylic acids is 2. The van der Waals surface area contributed by atoms with E-state index >= 15 is 0 Å². The molecule has 1 aromatic carbocycles. The molecule has 0 aliphatic carbocycles. The monoisotopic (exact) mass is 596 g/mol. The zero-order chi connectivity index (χ0) is 29.5. The molecule has 8 nitrogen and oxygen atoms in total. The van der Waals surface area contributed by atoms with E-state index < -0.39 is 17.3 Å². The lowest BCUT2D eigenvalue weighted by Gasteiger charge is -2.41. The van der Waals surface area contributed by atoms with Gasteiger partial charge in [0.25, 0.3) is 0 Å². The Morgan fingerprint density at radius 3 is 2.51 bits per heavy atom. The van der Waals surface area contributed by atoms with E-state index in [1.165, 1.54) is 11.3 Å². The number of aromatic nitrogens is 2. The molecule has 2 N–H and O–H groups in total. The zero-order valence-electron chi connectivity index (χ0n) is 24.2. The van der Waals surface area contributed by atoms with Crippen LogP contribution < -0.4 is 5.73 Å². The van der Waals surface area contributed by atoms with Crippen LogP contribution in [0.2, 0.25) is 4.34 Å². The Labute approximate surface area is 249 Å². The number of ether oxygens (including phenoxy) is 1. The van der Waals surface area contributed by atoms with E-state index in [1.54, 1.807) is 6.92 Å². The van der Waals surface area contributed by atoms with E-state index in [1.807, 2.05) is 54.8 Å². The summed E-state index contributed by atoms with van der Waals surface area (Å²) in [5.41, 5.74) is 9.06. The predicted molar refractivity (Wildman–Crippen MR) is 163 cm³/mol. The summed E-state index contributed by atoms with van der Waals surface area (Å²) >= 11 is 7.53. The van der Waals surface area contributed by atoms with Crippen LogP contribution in [0.1, 0.15) is 60.9 Å². The first-order valence-electron chi connectivity index (χ1n) is 14.1. The molecule has 0 spiro atoms. The molecular weight excluding hydrogens is 560 g/mol. The number of halogens is 1. The molecule has 0 radical (unpaired) electrons. The molecule has 0 amide bonds. The molecule has 0 bridgehead atoms. The van der Waals surface area contributed by atoms with Crippen molar-refractivity contribution in [3.8, 4) is 10.6 Å². The van der Waals surface area contributed by atoms with Crippen molar-refractivity contribution in [1.29, 1.82) is 0 Å². The first-order valence-corrected chi connectivity index (χ1v) is 15.3. The van der Waals surface area contributed by atoms with E-state index in [9.17, 15) is 9.59 Å². The molecule has 1 aliphatic heterocycles. The standard InChI is InChI=1S/C31H37ClN4O4S/c1-6-39-30(38)31(33,21-11-13-35(14-12-21)18(2)3)29(37)24-16-23-19(4)7-8-20(5)28(23)36(24)17-22-15-25(40-34-22)26-9-10-27(32)41-26/h7-10,15-16,18,21H,6,11-14,17,33H2,1-5H3. The fourth-order valence-electron chi connectivity index (χ4n) is 5.94. The third-order valence-electron chi connectivity index (χ3n) is 8.30. The summed E-state index contributed by atoms with van der Waals surface area (Å²) in [6, 6.07) is 11.9. The fraction of sp³-hybridized carbons (Fsp3) is 0.452. The highest BCUT2D eigenvalue weighted by molar-refractivity contribution is 7.19. The van der Waals surface area contributed by atoms with Gasteiger partial charge in [0, 0.05) is 17.5 Å². The highest BCUT2D eigenvalue weighted by Gasteiger charge is 2.52. The summed E-state index contributed by atoms with van der Waals surface area (Å²) in [6.07, 6.45) is 1.26. The maximum Gasteiger partial charge on any atom is 0.334 e. The van der Waals surface area contributed by atoms with Gasteiger partial charge in [-0.15, -0.1) is 11.3 Å². The lowest BCUT2D eigenvalue weighted by molar-refractivity contribution is -0.150. The molecule has 3 aromatic heterocycles. The number of fused-ring (bicyclic) bond motifs is 1. The van der Waals surface area contributed by atoms with Gasteiger partial charge in [0.2, 0.25) is 5.78 Å². The van der Waals surface area contributed by atoms with Crippen molar-refractivity contribution in [2.45, 2.75) is 65.6 Å². The normalized spacial score (nSPS) is 16.4. The fourth-order valence-corrected chi connectivity index (χ4v) is 6.93. The third kappa shape index (κ3) is 5.48. The van der Waals surface area contributed by atoms with Gasteiger partial charge in [-0.3, -0.25) is 4.79 Å². The number of carbonyl (C=O) groups is 2. The number of hydrogen-bond acceptors (Lipinski definition) is 8. The lowest BCUT2D eigenvalue weighted by Crippen LogP contribution is -2.63. The van der Waals surface area contributed by atoms with Crippen LogP contribution in [0.15, 0.2) is 40.9 Å². The maximum atomic E-state index is 14.6. The lowest BCUT2D eigenvalue weighted by atomic mass is 9.74. The third-order valence-corrected chi connectivity index (χ3v) is 9.54. The topological polar surface area (TPSA) is 104 Å². The quantitative estimate of drug-likeness (QED) is 0.139. The van der Waals surface area contributed by atoms with E-state index in [0.29, 0.717) is 40.4 Å². The largest absolute Gasteiger partial charge is 0.464 e.